The van der Waals surface area contributed by atoms with E-state index in [1.54, 1.807) is 6.08 Å². The van der Waals surface area contributed by atoms with Crippen LogP contribution in [-0.2, 0) is 6.50 Å². The summed E-state index contributed by atoms with van der Waals surface area (Å²) in [7, 11) is 0. The number of fused-ring (bicyclic) bond motifs is 1. The Kier molecular flexibility index (Phi) is 2.51. The van der Waals surface area contributed by atoms with Crippen molar-refractivity contribution >= 4 is 6.08 Å². The molecule has 2 nitrogen and oxygen atoms in total. The lowest BCUT2D eigenvalue weighted by Crippen LogP contribution is -2.38. The Balaban J connectivity index is 2.03. The number of hydrogen-bond acceptors (Lipinski definition) is 0. The first-order chi connectivity index (χ1) is 11.0. The molecule has 0 radical (unpaired) electrons. The lowest BCUT2D eigenvalue weighted by atomic mass is 10.1. The minimum atomic E-state index is -1.42. The molecule has 1 saturated carbocycles. The van der Waals surface area contributed by atoms with Gasteiger partial charge in [-0.05, 0) is 43.5 Å². The maximum Gasteiger partial charge on any atom is 0.265 e. The first kappa shape index (κ1) is 10.8. The van der Waals surface area contributed by atoms with Gasteiger partial charge in [0.1, 0.15) is 12.2 Å². The van der Waals surface area contributed by atoms with E-state index in [1.807, 2.05) is 10.6 Å². The number of imidazole rings is 1. The van der Waals surface area contributed by atoms with Crippen LogP contribution in [0.5, 0.6) is 0 Å². The largest absolute Gasteiger partial charge is 0.265 e. The minimum Gasteiger partial charge on any atom is -0.223 e. The molecular formula is C19H23N2+. The summed E-state index contributed by atoms with van der Waals surface area (Å²) in [6.45, 7) is 2.82. The van der Waals surface area contributed by atoms with Crippen molar-refractivity contribution < 1.29 is 7.31 Å². The van der Waals surface area contributed by atoms with Gasteiger partial charge in [-0.2, -0.15) is 4.57 Å². The lowest BCUT2D eigenvalue weighted by molar-refractivity contribution is -0.692. The van der Waals surface area contributed by atoms with Gasteiger partial charge in [0.15, 0.2) is 11.4 Å². The Morgan fingerprint density at radius 3 is 2.71 bits per heavy atom. The van der Waals surface area contributed by atoms with Crippen molar-refractivity contribution in [1.29, 1.82) is 0 Å². The summed E-state index contributed by atoms with van der Waals surface area (Å²) < 4.78 is 21.1. The van der Waals surface area contributed by atoms with Gasteiger partial charge in [-0.1, -0.05) is 31.0 Å². The summed E-state index contributed by atoms with van der Waals surface area (Å²) in [5, 5.41) is 0. The van der Waals surface area contributed by atoms with E-state index in [1.165, 1.54) is 24.1 Å². The fourth-order valence-electron chi connectivity index (χ4n) is 3.86. The molecule has 108 valence electrons. The van der Waals surface area contributed by atoms with Crippen LogP contribution in [-0.4, -0.2) is 4.57 Å². The first-order valence-electron chi connectivity index (χ1n) is 8.93. The summed E-state index contributed by atoms with van der Waals surface area (Å²) in [6.07, 6.45) is 8.44. The van der Waals surface area contributed by atoms with Crippen LogP contribution in [0.4, 0.5) is 0 Å². The highest BCUT2D eigenvalue weighted by atomic mass is 15.2. The molecule has 21 heavy (non-hydrogen) atoms. The molecule has 0 spiro atoms. The average molecular weight is 281 g/mol. The van der Waals surface area contributed by atoms with Gasteiger partial charge in [0, 0.05) is 6.92 Å². The molecule has 0 amide bonds. The van der Waals surface area contributed by atoms with Crippen molar-refractivity contribution in [2.45, 2.75) is 51.9 Å². The second-order valence-corrected chi connectivity index (χ2v) is 6.23. The summed E-state index contributed by atoms with van der Waals surface area (Å²) in [5.41, 5.74) is 4.56. The highest BCUT2D eigenvalue weighted by Gasteiger charge is 2.36. The molecule has 0 N–H and O–H groups in total. The Bertz CT molecular complexity index is 796. The Labute approximate surface area is 129 Å². The topological polar surface area (TPSA) is 8.81 Å². The Hall–Kier alpha value is -1.83. The predicted molar refractivity (Wildman–Crippen MR) is 85.7 cm³/mol. The molecule has 1 fully saturated rings. The van der Waals surface area contributed by atoms with Gasteiger partial charge in [0.25, 0.3) is 5.82 Å². The number of rotatable bonds is 2. The third-order valence-electron chi connectivity index (χ3n) is 4.93. The van der Waals surface area contributed by atoms with Crippen LogP contribution in [0.2, 0.25) is 0 Å². The van der Waals surface area contributed by atoms with Crippen molar-refractivity contribution in [3.63, 3.8) is 0 Å². The SMILES string of the molecule is [2H]C1([2H])C=Cc2c(C)n(-c3ccccc3C)c(C3CCCC3)[n+]21. The van der Waals surface area contributed by atoms with Crippen LogP contribution in [0.1, 0.15) is 57.1 Å². The molecule has 1 aromatic carbocycles. The molecule has 0 unspecified atom stereocenters. The zero-order valence-electron chi connectivity index (χ0n) is 14.8. The van der Waals surface area contributed by atoms with Crippen LogP contribution in [0.25, 0.3) is 11.8 Å². The zero-order valence-corrected chi connectivity index (χ0v) is 12.8. The number of nitrogens with zero attached hydrogens (tertiary/aromatic N) is 2. The van der Waals surface area contributed by atoms with Crippen LogP contribution >= 0.6 is 0 Å². The van der Waals surface area contributed by atoms with Crippen LogP contribution < -0.4 is 4.57 Å². The molecule has 2 aromatic rings. The molecule has 2 heteroatoms. The smallest absolute Gasteiger partial charge is 0.223 e. The molecule has 0 bridgehead atoms. The van der Waals surface area contributed by atoms with E-state index in [9.17, 15) is 0 Å². The van der Waals surface area contributed by atoms with Gasteiger partial charge in [0.05, 0.1) is 8.66 Å². The van der Waals surface area contributed by atoms with E-state index in [4.69, 9.17) is 2.74 Å². The Morgan fingerprint density at radius 1 is 1.19 bits per heavy atom. The highest BCUT2D eigenvalue weighted by molar-refractivity contribution is 5.51. The van der Waals surface area contributed by atoms with E-state index < -0.39 is 6.50 Å². The van der Waals surface area contributed by atoms with Gasteiger partial charge >= 0.3 is 0 Å². The van der Waals surface area contributed by atoms with E-state index in [0.29, 0.717) is 5.92 Å². The second-order valence-electron chi connectivity index (χ2n) is 6.23. The molecule has 1 aromatic heterocycles. The van der Waals surface area contributed by atoms with Gasteiger partial charge in [0.2, 0.25) is 0 Å². The van der Waals surface area contributed by atoms with E-state index >= 15 is 0 Å². The fraction of sp³-hybridized carbons (Fsp3) is 0.421. The van der Waals surface area contributed by atoms with Crippen LogP contribution in [0.15, 0.2) is 30.3 Å². The zero-order chi connectivity index (χ0) is 16.2. The number of hydrogen-bond donors (Lipinski definition) is 0. The van der Waals surface area contributed by atoms with Crippen LogP contribution in [0, 0.1) is 13.8 Å². The molecule has 2 aliphatic rings. The fourth-order valence-corrected chi connectivity index (χ4v) is 3.86. The number of allylic oxidation sites excluding steroid dienone is 1. The third kappa shape index (κ3) is 1.89. The molecule has 4 rings (SSSR count). The lowest BCUT2D eigenvalue weighted by Gasteiger charge is -2.11. The molecule has 0 atom stereocenters. The van der Waals surface area contributed by atoms with E-state index in [2.05, 4.69) is 42.7 Å². The standard InChI is InChI=1S/C19H23N2/c1-14-8-3-6-11-17(14)21-15(2)18-12-7-13-20(18)19(21)16-9-4-5-10-16/h3,6-8,11-12,16H,4-5,9-10,13H2,1-2H3/q+1/i13D2. The highest BCUT2D eigenvalue weighted by Crippen LogP contribution is 2.36. The molecule has 1 aliphatic carbocycles. The number of aryl methyl sites for hydroxylation is 1. The molecule has 2 heterocycles. The Morgan fingerprint density at radius 2 is 1.95 bits per heavy atom. The van der Waals surface area contributed by atoms with E-state index in [0.717, 1.165) is 30.1 Å². The summed E-state index contributed by atoms with van der Waals surface area (Å²) in [5.74, 6) is 1.58. The maximum absolute atomic E-state index is 8.43. The average Bonchev–Trinajstić information content (AvgIpc) is 3.19. The van der Waals surface area contributed by atoms with Gasteiger partial charge in [-0.3, -0.25) is 0 Å². The maximum atomic E-state index is 8.43. The first-order valence-corrected chi connectivity index (χ1v) is 7.93. The number of para-hydroxylation sites is 1. The quantitative estimate of drug-likeness (QED) is 0.734. The number of benzene rings is 1. The normalized spacial score (nSPS) is 21.4. The minimum absolute atomic E-state index is 0.442. The molecule has 0 saturated heterocycles. The number of aromatic nitrogens is 2. The third-order valence-corrected chi connectivity index (χ3v) is 4.93. The predicted octanol–water partition coefficient (Wildman–Crippen LogP) is 4.07. The van der Waals surface area contributed by atoms with Gasteiger partial charge in [-0.25, -0.2) is 4.57 Å². The summed E-state index contributed by atoms with van der Waals surface area (Å²) in [4.78, 5) is 0. The van der Waals surface area contributed by atoms with Gasteiger partial charge < -0.3 is 0 Å². The van der Waals surface area contributed by atoms with Crippen molar-refractivity contribution in [1.82, 2.24) is 4.57 Å². The second kappa shape index (κ2) is 4.87. The van der Waals surface area contributed by atoms with Crippen LogP contribution in [0.3, 0.4) is 0 Å². The van der Waals surface area contributed by atoms with E-state index in [-0.39, 0.29) is 0 Å². The van der Waals surface area contributed by atoms with Crippen molar-refractivity contribution in [3.05, 3.63) is 53.1 Å². The molecular weight excluding hydrogens is 256 g/mol. The van der Waals surface area contributed by atoms with Crippen molar-refractivity contribution in [2.75, 3.05) is 0 Å². The molecule has 1 aliphatic heterocycles. The summed E-state index contributed by atoms with van der Waals surface area (Å²) >= 11 is 0. The van der Waals surface area contributed by atoms with Crippen molar-refractivity contribution in [3.8, 4) is 5.69 Å². The van der Waals surface area contributed by atoms with Crippen molar-refractivity contribution in [2.24, 2.45) is 0 Å². The van der Waals surface area contributed by atoms with Gasteiger partial charge in [-0.15, -0.1) is 0 Å². The summed E-state index contributed by atoms with van der Waals surface area (Å²) in [6, 6.07) is 8.41. The monoisotopic (exact) mass is 281 g/mol.